The van der Waals surface area contributed by atoms with Crippen LogP contribution < -0.4 is 0 Å². The highest BCUT2D eigenvalue weighted by atomic mass is 14.3. The molecule has 3 aromatic carbocycles. The van der Waals surface area contributed by atoms with Gasteiger partial charge in [-0.2, -0.15) is 0 Å². The van der Waals surface area contributed by atoms with Gasteiger partial charge in [-0.15, -0.1) is 0 Å². The summed E-state index contributed by atoms with van der Waals surface area (Å²) in [4.78, 5) is 0. The minimum Gasteiger partial charge on any atom is -0.0616 e. The number of aryl methyl sites for hydroxylation is 1. The smallest absolute Gasteiger partial charge is 0.00131 e. The van der Waals surface area contributed by atoms with Crippen LogP contribution >= 0.6 is 0 Å². The molecule has 0 N–H and O–H groups in total. The first kappa shape index (κ1) is 10.8. The molecule has 4 rings (SSSR count). The van der Waals surface area contributed by atoms with Gasteiger partial charge in [0.25, 0.3) is 0 Å². The van der Waals surface area contributed by atoms with Crippen molar-refractivity contribution in [3.8, 4) is 11.1 Å². The Morgan fingerprint density at radius 3 is 2.37 bits per heavy atom. The van der Waals surface area contributed by atoms with Crippen LogP contribution in [0.1, 0.15) is 22.3 Å². The predicted octanol–water partition coefficient (Wildman–Crippen LogP) is 5.03. The lowest BCUT2D eigenvalue weighted by atomic mass is 9.93. The van der Waals surface area contributed by atoms with Crippen molar-refractivity contribution in [3.63, 3.8) is 0 Å². The second-order valence-electron chi connectivity index (χ2n) is 5.54. The molecular formula is C19H16. The summed E-state index contributed by atoms with van der Waals surface area (Å²) in [6.45, 7) is 4.46. The van der Waals surface area contributed by atoms with Crippen molar-refractivity contribution in [2.45, 2.75) is 20.3 Å². The molecule has 0 atom stereocenters. The summed E-state index contributed by atoms with van der Waals surface area (Å²) >= 11 is 0. The Morgan fingerprint density at radius 1 is 0.737 bits per heavy atom. The zero-order valence-corrected chi connectivity index (χ0v) is 11.3. The fraction of sp³-hybridized carbons (Fsp3) is 0.158. The van der Waals surface area contributed by atoms with Crippen molar-refractivity contribution in [2.75, 3.05) is 0 Å². The van der Waals surface area contributed by atoms with Gasteiger partial charge in [-0.1, -0.05) is 48.5 Å². The molecule has 0 amide bonds. The number of rotatable bonds is 0. The molecule has 0 heteroatoms. The third-order valence-electron chi connectivity index (χ3n) is 4.47. The first-order valence-electron chi connectivity index (χ1n) is 6.86. The molecule has 1 aliphatic rings. The van der Waals surface area contributed by atoms with Crippen molar-refractivity contribution in [3.05, 3.63) is 70.8 Å². The lowest BCUT2D eigenvalue weighted by Gasteiger charge is -2.11. The topological polar surface area (TPSA) is 0 Å². The fourth-order valence-corrected chi connectivity index (χ4v) is 3.33. The summed E-state index contributed by atoms with van der Waals surface area (Å²) in [7, 11) is 0. The van der Waals surface area contributed by atoms with E-state index in [0.717, 1.165) is 6.42 Å². The molecular weight excluding hydrogens is 228 g/mol. The average molecular weight is 244 g/mol. The molecule has 0 aliphatic heterocycles. The van der Waals surface area contributed by atoms with Gasteiger partial charge < -0.3 is 0 Å². The first-order chi connectivity index (χ1) is 9.25. The van der Waals surface area contributed by atoms with Gasteiger partial charge in [0.15, 0.2) is 0 Å². The quantitative estimate of drug-likeness (QED) is 0.407. The summed E-state index contributed by atoms with van der Waals surface area (Å²) in [5.74, 6) is 0. The Labute approximate surface area is 113 Å². The van der Waals surface area contributed by atoms with E-state index in [1.807, 2.05) is 0 Å². The van der Waals surface area contributed by atoms with Crippen LogP contribution in [-0.4, -0.2) is 0 Å². The van der Waals surface area contributed by atoms with Crippen LogP contribution in [0.15, 0.2) is 48.5 Å². The SMILES string of the molecule is Cc1ccc2c(c1C)-c1c(ccc3ccccc13)C2. The number of hydrogen-bond acceptors (Lipinski definition) is 0. The molecule has 0 radical (unpaired) electrons. The van der Waals surface area contributed by atoms with E-state index in [0.29, 0.717) is 0 Å². The zero-order chi connectivity index (χ0) is 13.0. The largest absolute Gasteiger partial charge is 0.0616 e. The molecule has 19 heavy (non-hydrogen) atoms. The Hall–Kier alpha value is -2.08. The monoisotopic (exact) mass is 244 g/mol. The molecule has 0 heterocycles. The van der Waals surface area contributed by atoms with Crippen LogP contribution in [-0.2, 0) is 6.42 Å². The molecule has 0 spiro atoms. The van der Waals surface area contributed by atoms with Gasteiger partial charge in [0.1, 0.15) is 0 Å². The molecule has 1 aliphatic carbocycles. The van der Waals surface area contributed by atoms with Gasteiger partial charge in [-0.25, -0.2) is 0 Å². The maximum Gasteiger partial charge on any atom is -0.00131 e. The summed E-state index contributed by atoms with van der Waals surface area (Å²) in [5, 5.41) is 2.74. The summed E-state index contributed by atoms with van der Waals surface area (Å²) in [6, 6.07) is 17.8. The highest BCUT2D eigenvalue weighted by molar-refractivity contribution is 6.02. The van der Waals surface area contributed by atoms with Gasteiger partial charge in [0, 0.05) is 0 Å². The van der Waals surface area contributed by atoms with Crippen molar-refractivity contribution in [2.24, 2.45) is 0 Å². The highest BCUT2D eigenvalue weighted by Crippen LogP contribution is 2.43. The van der Waals surface area contributed by atoms with Crippen molar-refractivity contribution in [1.29, 1.82) is 0 Å². The van der Waals surface area contributed by atoms with E-state index in [2.05, 4.69) is 62.4 Å². The van der Waals surface area contributed by atoms with Gasteiger partial charge >= 0.3 is 0 Å². The molecule has 0 saturated carbocycles. The molecule has 3 aromatic rings. The third-order valence-corrected chi connectivity index (χ3v) is 4.47. The van der Waals surface area contributed by atoms with E-state index in [-0.39, 0.29) is 0 Å². The molecule has 0 aromatic heterocycles. The van der Waals surface area contributed by atoms with E-state index in [1.165, 1.54) is 44.2 Å². The van der Waals surface area contributed by atoms with Crippen LogP contribution in [0.25, 0.3) is 21.9 Å². The zero-order valence-electron chi connectivity index (χ0n) is 11.3. The fourth-order valence-electron chi connectivity index (χ4n) is 3.33. The van der Waals surface area contributed by atoms with Crippen LogP contribution in [0.5, 0.6) is 0 Å². The van der Waals surface area contributed by atoms with Gasteiger partial charge in [-0.05, 0) is 64.4 Å². The van der Waals surface area contributed by atoms with Gasteiger partial charge in [0.2, 0.25) is 0 Å². The van der Waals surface area contributed by atoms with Crippen LogP contribution in [0.4, 0.5) is 0 Å². The Bertz CT molecular complexity index is 810. The standard InChI is InChI=1S/C19H16/c1-12-7-8-15-11-16-10-9-14-5-3-4-6-17(14)19(16)18(15)13(12)2/h3-10H,11H2,1-2H3. The van der Waals surface area contributed by atoms with Crippen molar-refractivity contribution in [1.82, 2.24) is 0 Å². The Balaban J connectivity index is 2.18. The summed E-state index contributed by atoms with van der Waals surface area (Å²) < 4.78 is 0. The van der Waals surface area contributed by atoms with Crippen molar-refractivity contribution >= 4 is 10.8 Å². The average Bonchev–Trinajstić information content (AvgIpc) is 2.82. The van der Waals surface area contributed by atoms with Crippen LogP contribution in [0.3, 0.4) is 0 Å². The minimum atomic E-state index is 1.08. The summed E-state index contributed by atoms with van der Waals surface area (Å²) in [6.07, 6.45) is 1.08. The first-order valence-corrected chi connectivity index (χ1v) is 6.86. The normalized spacial score (nSPS) is 12.5. The number of hydrogen-bond donors (Lipinski definition) is 0. The molecule has 0 fully saturated rings. The van der Waals surface area contributed by atoms with E-state index < -0.39 is 0 Å². The minimum absolute atomic E-state index is 1.08. The third kappa shape index (κ3) is 1.40. The predicted molar refractivity (Wildman–Crippen MR) is 81.7 cm³/mol. The maximum atomic E-state index is 2.30. The van der Waals surface area contributed by atoms with Crippen LogP contribution in [0, 0.1) is 13.8 Å². The number of fused-ring (bicyclic) bond motifs is 5. The van der Waals surface area contributed by atoms with Crippen LogP contribution in [0.2, 0.25) is 0 Å². The molecule has 0 saturated heterocycles. The lowest BCUT2D eigenvalue weighted by Crippen LogP contribution is -1.88. The second-order valence-corrected chi connectivity index (χ2v) is 5.54. The van der Waals surface area contributed by atoms with E-state index in [1.54, 1.807) is 0 Å². The van der Waals surface area contributed by atoms with E-state index in [9.17, 15) is 0 Å². The highest BCUT2D eigenvalue weighted by Gasteiger charge is 2.22. The van der Waals surface area contributed by atoms with E-state index >= 15 is 0 Å². The molecule has 92 valence electrons. The van der Waals surface area contributed by atoms with Gasteiger partial charge in [-0.3, -0.25) is 0 Å². The van der Waals surface area contributed by atoms with Gasteiger partial charge in [0.05, 0.1) is 0 Å². The maximum absolute atomic E-state index is 2.30. The molecule has 0 unspecified atom stereocenters. The summed E-state index contributed by atoms with van der Waals surface area (Å²) in [5.41, 5.74) is 8.73. The molecule has 0 nitrogen and oxygen atoms in total. The molecule has 0 bridgehead atoms. The second kappa shape index (κ2) is 3.71. The van der Waals surface area contributed by atoms with Crippen molar-refractivity contribution < 1.29 is 0 Å². The van der Waals surface area contributed by atoms with E-state index in [4.69, 9.17) is 0 Å². The lowest BCUT2D eigenvalue weighted by molar-refractivity contribution is 1.24. The Kier molecular flexibility index (Phi) is 2.11. The number of benzene rings is 3. The Morgan fingerprint density at radius 2 is 1.47 bits per heavy atom.